The summed E-state index contributed by atoms with van der Waals surface area (Å²) in [5.74, 6) is 0. The van der Waals surface area contributed by atoms with Crippen molar-refractivity contribution in [1.29, 1.82) is 0 Å². The lowest BCUT2D eigenvalue weighted by atomic mass is 9.82. The van der Waals surface area contributed by atoms with Crippen LogP contribution in [0.3, 0.4) is 0 Å². The molecular formula is C24H32N5O5S-. The monoisotopic (exact) mass is 502 g/mol. The van der Waals surface area contributed by atoms with E-state index in [1.54, 1.807) is 7.05 Å². The van der Waals surface area contributed by atoms with Gasteiger partial charge in [0.05, 0.1) is 24.5 Å². The van der Waals surface area contributed by atoms with Crippen molar-refractivity contribution < 1.29 is 17.9 Å². The number of benzene rings is 1. The molecule has 1 N–H and O–H groups in total. The molecule has 1 saturated heterocycles. The van der Waals surface area contributed by atoms with E-state index in [1.165, 1.54) is 28.2 Å². The normalized spacial score (nSPS) is 20.9. The van der Waals surface area contributed by atoms with Gasteiger partial charge in [0, 0.05) is 31.0 Å². The zero-order valence-corrected chi connectivity index (χ0v) is 21.2. The number of anilines is 2. The highest BCUT2D eigenvalue weighted by atomic mass is 32.2. The van der Waals surface area contributed by atoms with Crippen LogP contribution in [-0.4, -0.2) is 48.0 Å². The Morgan fingerprint density at radius 1 is 1.20 bits per heavy atom. The molecule has 2 heterocycles. The molecule has 0 radical (unpaired) electrons. The Balaban J connectivity index is 1.49. The first-order valence-corrected chi connectivity index (χ1v) is 13.5. The highest BCUT2D eigenvalue weighted by Gasteiger charge is 2.44. The number of carbonyl (C=O) groups excluding carboxylic acids is 1. The second-order valence-corrected chi connectivity index (χ2v) is 12.0. The van der Waals surface area contributed by atoms with Gasteiger partial charge in [0.1, 0.15) is 0 Å². The van der Waals surface area contributed by atoms with Crippen molar-refractivity contribution in [3.8, 4) is 0 Å². The minimum Gasteiger partial charge on any atom is -0.740 e. The van der Waals surface area contributed by atoms with Gasteiger partial charge in [0.15, 0.2) is 0 Å². The number of ether oxygens (including phenoxy) is 1. The summed E-state index contributed by atoms with van der Waals surface area (Å²) in [5, 5.41) is 20.1. The van der Waals surface area contributed by atoms with E-state index in [9.17, 15) is 18.4 Å². The van der Waals surface area contributed by atoms with E-state index in [1.807, 2.05) is 13.8 Å². The number of aromatic nitrogens is 2. The third-order valence-corrected chi connectivity index (χ3v) is 9.02. The number of hydrogen-bond donors (Lipinski definition) is 1. The maximum absolute atomic E-state index is 13.7. The van der Waals surface area contributed by atoms with Gasteiger partial charge in [-0.2, -0.15) is 13.5 Å². The number of aryl methyl sites for hydroxylation is 3. The lowest BCUT2D eigenvalue weighted by Crippen LogP contribution is -2.57. The molecule has 1 aliphatic heterocycles. The van der Waals surface area contributed by atoms with E-state index in [-0.39, 0.29) is 5.69 Å². The molecule has 1 aromatic carbocycles. The predicted octanol–water partition coefficient (Wildman–Crippen LogP) is 3.30. The van der Waals surface area contributed by atoms with Crippen LogP contribution in [0.2, 0.25) is 0 Å². The summed E-state index contributed by atoms with van der Waals surface area (Å²) < 4.78 is 35.1. The lowest BCUT2D eigenvalue weighted by molar-refractivity contribution is -0.000718. The summed E-state index contributed by atoms with van der Waals surface area (Å²) in [5.41, 5.74) is 4.71. The molecule has 2 aromatic rings. The number of nitrogens with zero attached hydrogens (tertiary/aromatic N) is 4. The summed E-state index contributed by atoms with van der Waals surface area (Å²) >= 11 is 0. The summed E-state index contributed by atoms with van der Waals surface area (Å²) in [6.45, 7) is 4.47. The van der Waals surface area contributed by atoms with Crippen molar-refractivity contribution in [2.75, 3.05) is 22.8 Å². The maximum atomic E-state index is 13.7. The molecule has 5 rings (SSSR count). The number of urea groups is 1. The van der Waals surface area contributed by atoms with Crippen molar-refractivity contribution in [2.24, 2.45) is 12.5 Å². The van der Waals surface area contributed by atoms with Gasteiger partial charge in [-0.1, -0.05) is 19.9 Å². The van der Waals surface area contributed by atoms with Gasteiger partial charge >= 0.3 is 16.2 Å². The third-order valence-electron chi connectivity index (χ3n) is 7.47. The van der Waals surface area contributed by atoms with Crippen molar-refractivity contribution >= 4 is 27.6 Å². The van der Waals surface area contributed by atoms with Crippen LogP contribution in [0.15, 0.2) is 18.5 Å². The maximum Gasteiger partial charge on any atom is 0.326 e. The lowest BCUT2D eigenvalue weighted by Gasteiger charge is -2.46. The minimum absolute atomic E-state index is 0.239. The van der Waals surface area contributed by atoms with Crippen LogP contribution < -0.4 is 9.62 Å². The second-order valence-electron chi connectivity index (χ2n) is 10.4. The summed E-state index contributed by atoms with van der Waals surface area (Å²) in [6.07, 6.45) is 8.75. The molecule has 1 fully saturated rings. The van der Waals surface area contributed by atoms with Crippen LogP contribution in [0, 0.1) is 10.6 Å². The molecule has 0 spiro atoms. The molecule has 2 amide bonds. The number of rotatable bonds is 5. The van der Waals surface area contributed by atoms with E-state index in [0.717, 1.165) is 54.0 Å². The standard InChI is InChI=1S/C24H32N5O5S/c1-24(2)15-34-11-10-21(24)28(18-13-25-27(3)14-18)35(32,33)29(31)23(30)26-22-19-8-4-6-16(19)12-17-7-5-9-20(17)22/h12-14,21H,4-11,15H2,1-3H3,(H,26,30)/q-1. The number of amides is 2. The fourth-order valence-electron chi connectivity index (χ4n) is 5.75. The topological polar surface area (TPSA) is 120 Å². The van der Waals surface area contributed by atoms with Crippen LogP contribution in [0.25, 0.3) is 0 Å². The molecule has 1 unspecified atom stereocenters. The Hall–Kier alpha value is -2.63. The zero-order chi connectivity index (χ0) is 25.0. The minimum atomic E-state index is -4.77. The van der Waals surface area contributed by atoms with Crippen LogP contribution in [0.4, 0.5) is 16.2 Å². The molecule has 2 aliphatic carbocycles. The number of fused-ring (bicyclic) bond motifs is 2. The van der Waals surface area contributed by atoms with Gasteiger partial charge < -0.3 is 15.3 Å². The van der Waals surface area contributed by atoms with Crippen LogP contribution in [-0.2, 0) is 47.7 Å². The fraction of sp³-hybridized carbons (Fsp3) is 0.583. The van der Waals surface area contributed by atoms with Crippen LogP contribution in [0.1, 0.15) is 55.4 Å². The first-order chi connectivity index (χ1) is 16.6. The number of nitrogens with one attached hydrogen (secondary N) is 1. The van der Waals surface area contributed by atoms with Crippen LogP contribution in [0.5, 0.6) is 0 Å². The van der Waals surface area contributed by atoms with Gasteiger partial charge in [-0.05, 0) is 67.2 Å². The van der Waals surface area contributed by atoms with Crippen molar-refractivity contribution in [1.82, 2.24) is 14.2 Å². The zero-order valence-electron chi connectivity index (χ0n) is 20.4. The Morgan fingerprint density at radius 3 is 2.43 bits per heavy atom. The van der Waals surface area contributed by atoms with Gasteiger partial charge in [-0.15, -0.1) is 0 Å². The molecule has 0 bridgehead atoms. The first-order valence-electron chi connectivity index (χ1n) is 12.2. The second kappa shape index (κ2) is 8.79. The van der Waals surface area contributed by atoms with E-state index < -0.39 is 32.2 Å². The molecule has 1 aromatic heterocycles. The molecule has 11 heteroatoms. The SMILES string of the molecule is Cn1cc(N(C2CCOCC2(C)C)S(=O)(=O)N([O-])C(=O)Nc2c3c(cc4c2CCC4)CCC3)cn1. The van der Waals surface area contributed by atoms with Crippen molar-refractivity contribution in [2.45, 2.75) is 64.8 Å². The average molecular weight is 503 g/mol. The molecule has 0 saturated carbocycles. The Kier molecular flexibility index (Phi) is 6.05. The summed E-state index contributed by atoms with van der Waals surface area (Å²) in [4.78, 5) is 13.2. The highest BCUT2D eigenvalue weighted by molar-refractivity contribution is 7.91. The largest absolute Gasteiger partial charge is 0.740 e. The number of hydrogen-bond acceptors (Lipinski definition) is 6. The molecule has 3 aliphatic rings. The summed E-state index contributed by atoms with van der Waals surface area (Å²) in [6, 6.07) is 0.432. The third kappa shape index (κ3) is 4.19. The number of hydroxylamine groups is 1. The fourth-order valence-corrected chi connectivity index (χ4v) is 7.24. The predicted molar refractivity (Wildman–Crippen MR) is 132 cm³/mol. The highest BCUT2D eigenvalue weighted by Crippen LogP contribution is 2.40. The molecule has 190 valence electrons. The molecular weight excluding hydrogens is 470 g/mol. The quantitative estimate of drug-likeness (QED) is 0.627. The van der Waals surface area contributed by atoms with Crippen molar-refractivity contribution in [3.05, 3.63) is 45.9 Å². The smallest absolute Gasteiger partial charge is 0.326 e. The van der Waals surface area contributed by atoms with Gasteiger partial charge in [-0.25, -0.2) is 9.10 Å². The van der Waals surface area contributed by atoms with Gasteiger partial charge in [0.2, 0.25) is 0 Å². The van der Waals surface area contributed by atoms with E-state index in [2.05, 4.69) is 16.5 Å². The van der Waals surface area contributed by atoms with Crippen LogP contribution >= 0.6 is 0 Å². The van der Waals surface area contributed by atoms with Crippen molar-refractivity contribution in [3.63, 3.8) is 0 Å². The Morgan fingerprint density at radius 2 is 1.86 bits per heavy atom. The molecule has 10 nitrogen and oxygen atoms in total. The van der Waals surface area contributed by atoms with E-state index in [4.69, 9.17) is 4.74 Å². The summed E-state index contributed by atoms with van der Waals surface area (Å²) in [7, 11) is -3.10. The number of carbonyl (C=O) groups is 1. The van der Waals surface area contributed by atoms with E-state index in [0.29, 0.717) is 25.3 Å². The molecule has 35 heavy (non-hydrogen) atoms. The van der Waals surface area contributed by atoms with E-state index >= 15 is 0 Å². The Labute approximate surface area is 206 Å². The van der Waals surface area contributed by atoms with Gasteiger partial charge in [0.25, 0.3) is 0 Å². The molecule has 1 atom stereocenters. The Bertz CT molecular complexity index is 1220. The van der Waals surface area contributed by atoms with Gasteiger partial charge in [-0.3, -0.25) is 9.15 Å². The average Bonchev–Trinajstić information content (AvgIpc) is 3.55. The first kappa shape index (κ1) is 24.1.